The molecule has 0 rings (SSSR count). The Kier molecular flexibility index (Phi) is 8.87. The fourth-order valence-electron chi connectivity index (χ4n) is 0.552. The average molecular weight is 163 g/mol. The molecule has 0 amide bonds. The number of aliphatic hydroxyl groups is 1. The molecule has 0 heterocycles. The van der Waals surface area contributed by atoms with Crippen LogP contribution in [0.5, 0.6) is 0 Å². The van der Waals surface area contributed by atoms with Gasteiger partial charge in [-0.2, -0.15) is 0 Å². The molecule has 0 spiro atoms. The van der Waals surface area contributed by atoms with E-state index in [1.807, 2.05) is 13.8 Å². The highest BCUT2D eigenvalue weighted by atomic mass is 16.5. The van der Waals surface area contributed by atoms with E-state index in [0.29, 0.717) is 12.3 Å². The minimum atomic E-state index is -0.232. The maximum absolute atomic E-state index is 10.7. The maximum atomic E-state index is 10.7. The molecule has 68 valence electrons. The van der Waals surface area contributed by atoms with Crippen LogP contribution in [0.25, 0.3) is 0 Å². The quantitative estimate of drug-likeness (QED) is 0.598. The number of hydrogen-bond acceptors (Lipinski definition) is 4. The van der Waals surface area contributed by atoms with Gasteiger partial charge in [0.05, 0.1) is 6.61 Å². The summed E-state index contributed by atoms with van der Waals surface area (Å²) in [6, 6.07) is 0. The Balaban J connectivity index is 0. The lowest BCUT2D eigenvalue weighted by Gasteiger charge is -2.03. The van der Waals surface area contributed by atoms with Crippen LogP contribution in [-0.2, 0) is 9.53 Å². The second kappa shape index (κ2) is 7.50. The van der Waals surface area contributed by atoms with Gasteiger partial charge >= 0.3 is 5.97 Å². The van der Waals surface area contributed by atoms with Crippen LogP contribution in [0.1, 0.15) is 20.3 Å². The smallest absolute Gasteiger partial charge is 0.306 e. The first-order valence-corrected chi connectivity index (χ1v) is 3.43. The second-order valence-electron chi connectivity index (χ2n) is 2.54. The molecule has 11 heavy (non-hydrogen) atoms. The van der Waals surface area contributed by atoms with E-state index in [4.69, 9.17) is 5.11 Å². The van der Waals surface area contributed by atoms with Gasteiger partial charge in [0.15, 0.2) is 0 Å². The zero-order chi connectivity index (χ0) is 7.98. The highest BCUT2D eigenvalue weighted by Gasteiger charge is 2.04. The Hall–Kier alpha value is -0.610. The van der Waals surface area contributed by atoms with Gasteiger partial charge in [0.1, 0.15) is 6.61 Å². The second-order valence-corrected chi connectivity index (χ2v) is 2.54. The predicted octanol–water partition coefficient (Wildman–Crippen LogP) is 0.730. The summed E-state index contributed by atoms with van der Waals surface area (Å²) in [5, 5.41) is 8.27. The van der Waals surface area contributed by atoms with Crippen molar-refractivity contribution < 1.29 is 14.6 Å². The molecule has 0 aromatic heterocycles. The molecular weight excluding hydrogens is 146 g/mol. The number of carbonyl (C=O) groups is 1. The third-order valence-electron chi connectivity index (χ3n) is 0.929. The number of esters is 1. The molecule has 0 bridgehead atoms. The highest BCUT2D eigenvalue weighted by molar-refractivity contribution is 5.69. The fraction of sp³-hybridized carbons (Fsp3) is 0.857. The minimum Gasteiger partial charge on any atom is -0.463 e. The highest BCUT2D eigenvalue weighted by Crippen LogP contribution is 1.99. The molecule has 0 fully saturated rings. The van der Waals surface area contributed by atoms with Crippen molar-refractivity contribution in [3.05, 3.63) is 0 Å². The van der Waals surface area contributed by atoms with Crippen LogP contribution in [0.3, 0.4) is 0 Å². The third kappa shape index (κ3) is 9.39. The Labute approximate surface area is 67.1 Å². The summed E-state index contributed by atoms with van der Waals surface area (Å²) in [6.07, 6.45) is 0.431. The first kappa shape index (κ1) is 13.0. The van der Waals surface area contributed by atoms with Crippen molar-refractivity contribution in [2.75, 3.05) is 13.2 Å². The molecule has 4 nitrogen and oxygen atoms in total. The fourth-order valence-corrected chi connectivity index (χ4v) is 0.552. The van der Waals surface area contributed by atoms with Crippen LogP contribution >= 0.6 is 0 Å². The zero-order valence-electron chi connectivity index (χ0n) is 7.17. The zero-order valence-corrected chi connectivity index (χ0v) is 7.17. The Morgan fingerprint density at radius 2 is 2.09 bits per heavy atom. The van der Waals surface area contributed by atoms with Crippen LogP contribution in [0.4, 0.5) is 0 Å². The molecule has 0 radical (unpaired) electrons. The van der Waals surface area contributed by atoms with E-state index >= 15 is 0 Å². The molecule has 4 heteroatoms. The van der Waals surface area contributed by atoms with Crippen molar-refractivity contribution >= 4 is 5.97 Å². The van der Waals surface area contributed by atoms with Gasteiger partial charge in [-0.3, -0.25) is 4.79 Å². The molecule has 0 aromatic rings. The predicted molar refractivity (Wildman–Crippen MR) is 42.5 cm³/mol. The van der Waals surface area contributed by atoms with Crippen molar-refractivity contribution in [3.8, 4) is 0 Å². The van der Waals surface area contributed by atoms with Crippen molar-refractivity contribution in [2.24, 2.45) is 5.92 Å². The summed E-state index contributed by atoms with van der Waals surface area (Å²) >= 11 is 0. The molecule has 0 aliphatic rings. The van der Waals surface area contributed by atoms with Gasteiger partial charge in [-0.15, -0.1) is 0 Å². The van der Waals surface area contributed by atoms with Crippen LogP contribution < -0.4 is 6.15 Å². The van der Waals surface area contributed by atoms with E-state index in [1.165, 1.54) is 0 Å². The van der Waals surface area contributed by atoms with E-state index in [-0.39, 0.29) is 25.3 Å². The van der Waals surface area contributed by atoms with Gasteiger partial charge in [-0.25, -0.2) is 0 Å². The summed E-state index contributed by atoms with van der Waals surface area (Å²) in [5.41, 5.74) is 0. The van der Waals surface area contributed by atoms with Crippen molar-refractivity contribution in [1.29, 1.82) is 0 Å². The molecular formula is C7H17NO3. The molecule has 0 aliphatic heterocycles. The molecule has 4 N–H and O–H groups in total. The van der Waals surface area contributed by atoms with Gasteiger partial charge in [0, 0.05) is 6.42 Å². The first-order valence-electron chi connectivity index (χ1n) is 3.43. The van der Waals surface area contributed by atoms with Crippen molar-refractivity contribution in [2.45, 2.75) is 20.3 Å². The summed E-state index contributed by atoms with van der Waals surface area (Å²) in [5.74, 6) is 0.0928. The molecule has 0 aromatic carbocycles. The van der Waals surface area contributed by atoms with E-state index in [1.54, 1.807) is 0 Å². The molecule has 0 saturated heterocycles. The summed E-state index contributed by atoms with van der Waals surface area (Å²) in [7, 11) is 0. The lowest BCUT2D eigenvalue weighted by molar-refractivity contribution is -0.145. The Morgan fingerprint density at radius 3 is 2.45 bits per heavy atom. The largest absolute Gasteiger partial charge is 0.463 e. The van der Waals surface area contributed by atoms with Crippen LogP contribution in [0, 0.1) is 5.92 Å². The maximum Gasteiger partial charge on any atom is 0.306 e. The molecule has 0 saturated carbocycles. The van der Waals surface area contributed by atoms with E-state index in [0.717, 1.165) is 0 Å². The number of ether oxygens (including phenoxy) is 1. The Morgan fingerprint density at radius 1 is 1.55 bits per heavy atom. The van der Waals surface area contributed by atoms with Crippen LogP contribution in [0.15, 0.2) is 0 Å². The third-order valence-corrected chi connectivity index (χ3v) is 0.929. The van der Waals surface area contributed by atoms with Gasteiger partial charge in [0.25, 0.3) is 0 Å². The number of carbonyl (C=O) groups excluding carboxylic acids is 1. The van der Waals surface area contributed by atoms with Crippen LogP contribution in [0.2, 0.25) is 0 Å². The van der Waals surface area contributed by atoms with E-state index < -0.39 is 0 Å². The topological polar surface area (TPSA) is 81.5 Å². The average Bonchev–Trinajstić information content (AvgIpc) is 1.82. The number of hydrogen-bond donors (Lipinski definition) is 2. The Bertz CT molecular complexity index is 104. The van der Waals surface area contributed by atoms with Gasteiger partial charge < -0.3 is 16.0 Å². The molecule has 0 unspecified atom stereocenters. The lowest BCUT2D eigenvalue weighted by Crippen LogP contribution is -2.10. The molecule has 0 atom stereocenters. The number of rotatable bonds is 4. The van der Waals surface area contributed by atoms with Crippen LogP contribution in [-0.4, -0.2) is 24.3 Å². The normalized spacial score (nSPS) is 9.09. The minimum absolute atomic E-state index is 0. The summed E-state index contributed by atoms with van der Waals surface area (Å²) in [6.45, 7) is 3.91. The van der Waals surface area contributed by atoms with Gasteiger partial charge in [-0.1, -0.05) is 13.8 Å². The van der Waals surface area contributed by atoms with E-state index in [9.17, 15) is 4.79 Å². The summed E-state index contributed by atoms with van der Waals surface area (Å²) < 4.78 is 4.61. The SMILES string of the molecule is CC(C)CC(=O)OCCO.N. The van der Waals surface area contributed by atoms with E-state index in [2.05, 4.69) is 4.74 Å². The first-order chi connectivity index (χ1) is 4.66. The van der Waals surface area contributed by atoms with Crippen molar-refractivity contribution in [3.63, 3.8) is 0 Å². The lowest BCUT2D eigenvalue weighted by atomic mass is 10.1. The van der Waals surface area contributed by atoms with Gasteiger partial charge in [-0.05, 0) is 5.92 Å². The number of aliphatic hydroxyl groups excluding tert-OH is 1. The molecule has 0 aliphatic carbocycles. The summed E-state index contributed by atoms with van der Waals surface area (Å²) in [4.78, 5) is 10.7. The van der Waals surface area contributed by atoms with Crippen molar-refractivity contribution in [1.82, 2.24) is 6.15 Å². The van der Waals surface area contributed by atoms with Gasteiger partial charge in [0.2, 0.25) is 0 Å². The standard InChI is InChI=1S/C7H14O3.H3N/c1-6(2)5-7(9)10-4-3-8;/h6,8H,3-5H2,1-2H3;1H3. The monoisotopic (exact) mass is 163 g/mol.